The number of fused-ring (bicyclic) bond motifs is 1. The fraction of sp³-hybridized carbons (Fsp3) is 0.347. The van der Waals surface area contributed by atoms with Gasteiger partial charge in [-0.05, 0) is 102 Å². The summed E-state index contributed by atoms with van der Waals surface area (Å²) >= 11 is 0. The van der Waals surface area contributed by atoms with Gasteiger partial charge < -0.3 is 44.6 Å². The van der Waals surface area contributed by atoms with Crippen LogP contribution < -0.4 is 10.6 Å². The van der Waals surface area contributed by atoms with Crippen LogP contribution in [0.5, 0.6) is 0 Å². The Morgan fingerprint density at radius 1 is 0.662 bits per heavy atom. The number of aromatic amines is 2. The molecular weight excluding hydrogens is 832 g/mol. The van der Waals surface area contributed by atoms with Crippen LogP contribution in [0.25, 0.3) is 44.4 Å². The highest BCUT2D eigenvalue weighted by Crippen LogP contribution is 2.37. The first-order valence-electron chi connectivity index (χ1n) is 22.1. The number of carbonyl (C=O) groups is 4. The maximum atomic E-state index is 14.0. The van der Waals surface area contributed by atoms with E-state index in [0.29, 0.717) is 57.0 Å². The van der Waals surface area contributed by atoms with E-state index in [1.54, 1.807) is 11.1 Å². The van der Waals surface area contributed by atoms with Crippen LogP contribution in [-0.4, -0.2) is 100 Å². The monoisotopic (exact) mass is 882 g/mol. The molecule has 0 saturated carbocycles. The van der Waals surface area contributed by atoms with Gasteiger partial charge in [0.25, 0.3) is 5.91 Å². The predicted octanol–water partition coefficient (Wildman–Crippen LogP) is 8.00. The lowest BCUT2D eigenvalue weighted by Crippen LogP contribution is -2.53. The molecule has 3 saturated heterocycles. The average Bonchev–Trinajstić information content (AvgIpc) is 4.20. The number of nitrogens with one attached hydrogen (secondary N) is 4. The van der Waals surface area contributed by atoms with Crippen molar-refractivity contribution in [2.24, 2.45) is 5.92 Å². The molecule has 2 aromatic heterocycles. The zero-order valence-corrected chi connectivity index (χ0v) is 36.2. The second-order valence-corrected chi connectivity index (χ2v) is 16.8. The highest BCUT2D eigenvalue weighted by molar-refractivity contribution is 5.91. The number of H-pyrrole nitrogens is 2. The minimum atomic E-state index is -1.05. The lowest BCUT2D eigenvalue weighted by molar-refractivity contribution is -0.137. The highest BCUT2D eigenvalue weighted by atomic mass is 19.1. The van der Waals surface area contributed by atoms with E-state index in [1.807, 2.05) is 23.2 Å². The van der Waals surface area contributed by atoms with E-state index in [4.69, 9.17) is 19.2 Å². The number of halogens is 1. The van der Waals surface area contributed by atoms with Gasteiger partial charge in [0.15, 0.2) is 0 Å². The molecule has 0 bridgehead atoms. The van der Waals surface area contributed by atoms with Gasteiger partial charge in [-0.15, -0.1) is 0 Å². The van der Waals surface area contributed by atoms with Crippen LogP contribution in [0.15, 0.2) is 97.3 Å². The average molecular weight is 883 g/mol. The first kappa shape index (κ1) is 43.2. The number of nitrogens with zero attached hydrogens (tertiary/aromatic N) is 4. The van der Waals surface area contributed by atoms with E-state index in [-0.39, 0.29) is 29.8 Å². The molecule has 336 valence electrons. The fourth-order valence-corrected chi connectivity index (χ4v) is 9.45. The van der Waals surface area contributed by atoms with Crippen LogP contribution in [0, 0.1) is 11.7 Å². The highest BCUT2D eigenvalue weighted by Gasteiger charge is 2.40. The van der Waals surface area contributed by atoms with Gasteiger partial charge in [-0.3, -0.25) is 9.59 Å². The van der Waals surface area contributed by atoms with Crippen molar-refractivity contribution in [3.8, 4) is 33.6 Å². The molecule has 5 heterocycles. The van der Waals surface area contributed by atoms with Gasteiger partial charge in [-0.1, -0.05) is 60.7 Å². The van der Waals surface area contributed by atoms with Crippen LogP contribution in [-0.2, 0) is 23.8 Å². The van der Waals surface area contributed by atoms with Crippen molar-refractivity contribution < 1.29 is 37.8 Å². The number of hydrogen-bond acceptors (Lipinski definition) is 9. The van der Waals surface area contributed by atoms with Gasteiger partial charge in [0, 0.05) is 31.9 Å². The summed E-state index contributed by atoms with van der Waals surface area (Å²) in [5, 5.41) is 7.58. The van der Waals surface area contributed by atoms with E-state index < -0.39 is 30.1 Å². The molecule has 4 amide bonds. The molecule has 4 N–H and O–H groups in total. The van der Waals surface area contributed by atoms with Gasteiger partial charge in [0.05, 0.1) is 50.1 Å². The Morgan fingerprint density at radius 2 is 1.18 bits per heavy atom. The summed E-state index contributed by atoms with van der Waals surface area (Å²) in [6.07, 6.45) is 6.62. The molecule has 6 aromatic rings. The second-order valence-electron chi connectivity index (χ2n) is 16.8. The number of hydrogen-bond donors (Lipinski definition) is 4. The quantitative estimate of drug-likeness (QED) is 0.100. The second kappa shape index (κ2) is 19.0. The van der Waals surface area contributed by atoms with Crippen molar-refractivity contribution in [2.45, 2.75) is 62.7 Å². The summed E-state index contributed by atoms with van der Waals surface area (Å²) in [4.78, 5) is 72.4. The summed E-state index contributed by atoms with van der Waals surface area (Å²) in [7, 11) is 2.53. The van der Waals surface area contributed by atoms with Gasteiger partial charge in [0.1, 0.15) is 29.5 Å². The molecule has 3 aliphatic heterocycles. The Morgan fingerprint density at radius 3 is 1.80 bits per heavy atom. The molecule has 3 fully saturated rings. The van der Waals surface area contributed by atoms with Crippen molar-refractivity contribution >= 4 is 34.8 Å². The van der Waals surface area contributed by atoms with Crippen LogP contribution in [0.1, 0.15) is 73.9 Å². The lowest BCUT2D eigenvalue weighted by Gasteiger charge is -2.34. The third kappa shape index (κ3) is 9.16. The van der Waals surface area contributed by atoms with Crippen molar-refractivity contribution in [1.29, 1.82) is 0 Å². The van der Waals surface area contributed by atoms with E-state index in [0.717, 1.165) is 69.5 Å². The molecule has 4 aromatic carbocycles. The number of aromatic nitrogens is 4. The third-order valence-electron chi connectivity index (χ3n) is 12.9. The molecule has 3 aliphatic rings. The molecule has 4 unspecified atom stereocenters. The van der Waals surface area contributed by atoms with Crippen LogP contribution >= 0.6 is 0 Å². The van der Waals surface area contributed by atoms with E-state index in [2.05, 4.69) is 74.1 Å². The Bertz CT molecular complexity index is 2680. The van der Waals surface area contributed by atoms with Gasteiger partial charge in [-0.2, -0.15) is 0 Å². The molecule has 15 nitrogen and oxygen atoms in total. The lowest BCUT2D eigenvalue weighted by atomic mass is 9.90. The molecule has 16 heteroatoms. The molecule has 65 heavy (non-hydrogen) atoms. The van der Waals surface area contributed by atoms with Crippen molar-refractivity contribution in [1.82, 2.24) is 40.4 Å². The number of likely N-dealkylation sites (tertiary alicyclic amines) is 2. The number of imidazole rings is 2. The number of benzene rings is 4. The van der Waals surface area contributed by atoms with Crippen molar-refractivity contribution in [3.05, 3.63) is 120 Å². The Labute approximate surface area is 375 Å². The molecule has 9 rings (SSSR count). The van der Waals surface area contributed by atoms with Gasteiger partial charge >= 0.3 is 12.2 Å². The Balaban J connectivity index is 0.868. The number of ether oxygens (including phenoxy) is 3. The number of alkyl carbamates (subject to hydrolysis) is 2. The minimum absolute atomic E-state index is 0.0375. The topological polar surface area (TPSA) is 184 Å². The van der Waals surface area contributed by atoms with E-state index >= 15 is 0 Å². The molecule has 0 radical (unpaired) electrons. The van der Waals surface area contributed by atoms with Gasteiger partial charge in [-0.25, -0.2) is 23.9 Å². The zero-order valence-electron chi connectivity index (χ0n) is 36.2. The zero-order chi connectivity index (χ0) is 45.0. The van der Waals surface area contributed by atoms with Crippen LogP contribution in [0.2, 0.25) is 0 Å². The first-order valence-corrected chi connectivity index (χ1v) is 22.1. The minimum Gasteiger partial charge on any atom is -0.453 e. The Kier molecular flexibility index (Phi) is 12.6. The standard InChI is InChI=1S/C49H51FN8O7/c1-63-48(61)55-42(31-15-17-37(50)18-16-31)46(59)57-21-3-5-40(57)44-51-27-38(53-44)30-9-7-29(8-10-30)33-11-12-35-26-36(14-13-34(35)25-33)39-28-52-45(54-39)41-6-4-22-58(41)47(60)43(56-49(62)64-2)32-19-23-65-24-20-32/h7-18,25-28,32,40-43H,3-6,19-24H2,1-2H3,(H,51,53)(H,52,54)(H,55,61)(H,56,62). The normalized spacial score (nSPS) is 18.6. The smallest absolute Gasteiger partial charge is 0.407 e. The summed E-state index contributed by atoms with van der Waals surface area (Å²) in [5.41, 5.74) is 6.14. The maximum Gasteiger partial charge on any atom is 0.407 e. The summed E-state index contributed by atoms with van der Waals surface area (Å²) < 4.78 is 28.9. The number of methoxy groups -OCH3 is 2. The summed E-state index contributed by atoms with van der Waals surface area (Å²) in [5.74, 6) is 0.429. The largest absolute Gasteiger partial charge is 0.453 e. The van der Waals surface area contributed by atoms with Crippen LogP contribution in [0.4, 0.5) is 14.0 Å². The molecule has 0 spiro atoms. The van der Waals surface area contributed by atoms with Crippen LogP contribution in [0.3, 0.4) is 0 Å². The molecular formula is C49H51FN8O7. The Hall–Kier alpha value is -7.07. The SMILES string of the molecule is COC(=O)NC(C(=O)N1CCCC1c1ncc(-c2ccc(-c3ccc4cc(-c5cnc(C6CCCN6C(=O)C(NC(=O)OC)C6CCOCC6)[nH]5)ccc4c3)cc2)[nH]1)c1ccc(F)cc1. The molecule has 0 aliphatic carbocycles. The van der Waals surface area contributed by atoms with Gasteiger partial charge in [0.2, 0.25) is 5.91 Å². The maximum absolute atomic E-state index is 14.0. The molecule has 4 atom stereocenters. The van der Waals surface area contributed by atoms with Crippen molar-refractivity contribution in [2.75, 3.05) is 40.5 Å². The number of rotatable bonds is 11. The summed E-state index contributed by atoms with van der Waals surface area (Å²) in [6.45, 7) is 2.16. The predicted molar refractivity (Wildman–Crippen MR) is 239 cm³/mol. The number of amides is 4. The first-order chi connectivity index (χ1) is 31.7. The third-order valence-corrected chi connectivity index (χ3v) is 12.9. The fourth-order valence-electron chi connectivity index (χ4n) is 9.45. The van der Waals surface area contributed by atoms with E-state index in [9.17, 15) is 23.6 Å². The summed E-state index contributed by atoms with van der Waals surface area (Å²) in [6, 6.07) is 24.1. The van der Waals surface area contributed by atoms with Crippen molar-refractivity contribution in [3.63, 3.8) is 0 Å². The van der Waals surface area contributed by atoms with E-state index in [1.165, 1.54) is 38.5 Å². The number of carbonyl (C=O) groups excluding carboxylic acids is 4.